The molecule has 3 aromatic heterocycles. The van der Waals surface area contributed by atoms with E-state index in [4.69, 9.17) is 0 Å². The zero-order valence-electron chi connectivity index (χ0n) is 8.60. The Hall–Kier alpha value is -1.57. The minimum atomic E-state index is 0.808. The lowest BCUT2D eigenvalue weighted by molar-refractivity contribution is 0.939. The predicted molar refractivity (Wildman–Crippen MR) is 68.8 cm³/mol. The number of fused-ring (bicyclic) bond motifs is 1. The first-order valence-electron chi connectivity index (χ1n) is 4.83. The Balaban J connectivity index is 2.36. The molecular formula is C12H8N2S2. The van der Waals surface area contributed by atoms with Crippen LogP contribution < -0.4 is 0 Å². The average molecular weight is 244 g/mol. The van der Waals surface area contributed by atoms with E-state index in [0.29, 0.717) is 0 Å². The lowest BCUT2D eigenvalue weighted by Gasteiger charge is -2.00. The van der Waals surface area contributed by atoms with Gasteiger partial charge in [-0.2, -0.15) is 5.26 Å². The second-order valence-electron chi connectivity index (χ2n) is 3.54. The van der Waals surface area contributed by atoms with E-state index in [0.717, 1.165) is 21.5 Å². The molecule has 0 aliphatic heterocycles. The summed E-state index contributed by atoms with van der Waals surface area (Å²) in [5.41, 5.74) is 1.92. The Morgan fingerprint density at radius 2 is 2.25 bits per heavy atom. The van der Waals surface area contributed by atoms with Crippen molar-refractivity contribution in [3.63, 3.8) is 0 Å². The van der Waals surface area contributed by atoms with Gasteiger partial charge >= 0.3 is 0 Å². The van der Waals surface area contributed by atoms with E-state index in [1.807, 2.05) is 30.8 Å². The van der Waals surface area contributed by atoms with E-state index >= 15 is 0 Å². The number of aromatic nitrogens is 1. The van der Waals surface area contributed by atoms with Gasteiger partial charge in [-0.25, -0.2) is 0 Å². The van der Waals surface area contributed by atoms with Gasteiger partial charge in [-0.15, -0.1) is 22.7 Å². The molecule has 0 bridgehead atoms. The van der Waals surface area contributed by atoms with Crippen LogP contribution in [0.2, 0.25) is 0 Å². The van der Waals surface area contributed by atoms with Gasteiger partial charge in [0, 0.05) is 18.6 Å². The highest BCUT2D eigenvalue weighted by atomic mass is 32.2. The lowest BCUT2D eigenvalue weighted by atomic mass is 10.2. The summed E-state index contributed by atoms with van der Waals surface area (Å²) in [6.45, 7) is 0. The molecule has 3 aromatic rings. The van der Waals surface area contributed by atoms with Gasteiger partial charge in [-0.1, -0.05) is 0 Å². The van der Waals surface area contributed by atoms with Crippen LogP contribution >= 0.6 is 22.7 Å². The first-order chi connectivity index (χ1) is 7.81. The summed E-state index contributed by atoms with van der Waals surface area (Å²) >= 11 is 3.40. The summed E-state index contributed by atoms with van der Waals surface area (Å²) in [7, 11) is 2.00. The molecule has 0 atom stereocenters. The molecule has 0 aliphatic carbocycles. The van der Waals surface area contributed by atoms with Gasteiger partial charge in [0.2, 0.25) is 0 Å². The molecule has 0 N–H and O–H groups in total. The Bertz CT molecular complexity index is 694. The van der Waals surface area contributed by atoms with Gasteiger partial charge in [-0.05, 0) is 23.6 Å². The van der Waals surface area contributed by atoms with Crippen molar-refractivity contribution in [2.45, 2.75) is 0 Å². The van der Waals surface area contributed by atoms with Crippen LogP contribution in [0.3, 0.4) is 0 Å². The SMILES string of the molecule is Cn1cccc1-c1sc2sccc2c1C#N. The van der Waals surface area contributed by atoms with Crippen LogP contribution in [-0.2, 0) is 7.05 Å². The summed E-state index contributed by atoms with van der Waals surface area (Å²) in [4.78, 5) is 1.08. The number of aryl methyl sites for hydroxylation is 1. The smallest absolute Gasteiger partial charge is 0.101 e. The molecule has 0 fully saturated rings. The third-order valence-corrected chi connectivity index (χ3v) is 4.88. The molecule has 0 saturated carbocycles. The molecule has 0 radical (unpaired) electrons. The molecular weight excluding hydrogens is 236 g/mol. The topological polar surface area (TPSA) is 28.7 Å². The van der Waals surface area contributed by atoms with Crippen LogP contribution in [0.15, 0.2) is 29.8 Å². The van der Waals surface area contributed by atoms with Crippen LogP contribution in [0.5, 0.6) is 0 Å². The van der Waals surface area contributed by atoms with Crippen LogP contribution in [-0.4, -0.2) is 4.57 Å². The fourth-order valence-electron chi connectivity index (χ4n) is 1.81. The van der Waals surface area contributed by atoms with Crippen LogP contribution in [0.4, 0.5) is 0 Å². The van der Waals surface area contributed by atoms with Crippen molar-refractivity contribution in [2.75, 3.05) is 0 Å². The van der Waals surface area contributed by atoms with E-state index in [-0.39, 0.29) is 0 Å². The second kappa shape index (κ2) is 3.48. The van der Waals surface area contributed by atoms with E-state index in [1.165, 1.54) is 4.01 Å². The maximum Gasteiger partial charge on any atom is 0.101 e. The van der Waals surface area contributed by atoms with Crippen LogP contribution in [0.1, 0.15) is 5.56 Å². The lowest BCUT2D eigenvalue weighted by Crippen LogP contribution is -1.88. The summed E-state index contributed by atoms with van der Waals surface area (Å²) in [6.07, 6.45) is 2.00. The normalized spacial score (nSPS) is 10.8. The van der Waals surface area contributed by atoms with E-state index in [2.05, 4.69) is 16.7 Å². The van der Waals surface area contributed by atoms with Gasteiger partial charge in [0.25, 0.3) is 0 Å². The molecule has 0 saturated heterocycles. The van der Waals surface area contributed by atoms with Gasteiger partial charge in [0.15, 0.2) is 0 Å². The van der Waals surface area contributed by atoms with E-state index in [1.54, 1.807) is 22.7 Å². The number of rotatable bonds is 1. The van der Waals surface area contributed by atoms with Crippen molar-refractivity contribution in [3.05, 3.63) is 35.3 Å². The molecule has 3 rings (SSSR count). The van der Waals surface area contributed by atoms with Crippen molar-refractivity contribution in [1.82, 2.24) is 4.57 Å². The molecule has 16 heavy (non-hydrogen) atoms. The average Bonchev–Trinajstić information content (AvgIpc) is 2.90. The molecule has 4 heteroatoms. The molecule has 0 spiro atoms. The maximum absolute atomic E-state index is 9.27. The van der Waals surface area contributed by atoms with Gasteiger partial charge < -0.3 is 4.57 Å². The second-order valence-corrected chi connectivity index (χ2v) is 5.74. The monoisotopic (exact) mass is 244 g/mol. The first-order valence-corrected chi connectivity index (χ1v) is 6.52. The third-order valence-electron chi connectivity index (χ3n) is 2.61. The van der Waals surface area contributed by atoms with Gasteiger partial charge in [-0.3, -0.25) is 0 Å². The molecule has 3 heterocycles. The molecule has 78 valence electrons. The highest BCUT2D eigenvalue weighted by molar-refractivity contribution is 7.39. The number of hydrogen-bond acceptors (Lipinski definition) is 3. The zero-order chi connectivity index (χ0) is 11.1. The Morgan fingerprint density at radius 1 is 1.38 bits per heavy atom. The van der Waals surface area contributed by atoms with E-state index < -0.39 is 0 Å². The van der Waals surface area contributed by atoms with Crippen molar-refractivity contribution < 1.29 is 0 Å². The minimum Gasteiger partial charge on any atom is -0.350 e. The largest absolute Gasteiger partial charge is 0.350 e. The number of thiophene rings is 2. The number of hydrogen-bond donors (Lipinski definition) is 0. The summed E-state index contributed by atoms with van der Waals surface area (Å²) in [6, 6.07) is 8.41. The van der Waals surface area contributed by atoms with Crippen molar-refractivity contribution in [3.8, 4) is 16.6 Å². The zero-order valence-corrected chi connectivity index (χ0v) is 10.2. The van der Waals surface area contributed by atoms with Crippen molar-refractivity contribution >= 4 is 32.1 Å². The third kappa shape index (κ3) is 1.22. The number of nitriles is 1. The Labute approximate surface area is 101 Å². The van der Waals surface area contributed by atoms with Crippen molar-refractivity contribution in [2.24, 2.45) is 7.05 Å². The fourth-order valence-corrected chi connectivity index (χ4v) is 4.09. The van der Waals surface area contributed by atoms with Gasteiger partial charge in [0.1, 0.15) is 6.07 Å². The highest BCUT2D eigenvalue weighted by Crippen LogP contribution is 2.40. The van der Waals surface area contributed by atoms with Crippen LogP contribution in [0.25, 0.3) is 20.0 Å². The maximum atomic E-state index is 9.27. The molecule has 0 aromatic carbocycles. The molecule has 0 aliphatic rings. The molecule has 0 unspecified atom stereocenters. The van der Waals surface area contributed by atoms with Crippen LogP contribution in [0, 0.1) is 11.3 Å². The number of nitrogens with zero attached hydrogens (tertiary/aromatic N) is 2. The molecule has 0 amide bonds. The quantitative estimate of drug-likeness (QED) is 0.639. The fraction of sp³-hybridized carbons (Fsp3) is 0.0833. The van der Waals surface area contributed by atoms with E-state index in [9.17, 15) is 5.26 Å². The molecule has 2 nitrogen and oxygen atoms in total. The first kappa shape index (κ1) is 9.64. The highest BCUT2D eigenvalue weighted by Gasteiger charge is 2.15. The van der Waals surface area contributed by atoms with Gasteiger partial charge in [0.05, 0.1) is 20.1 Å². The summed E-state index contributed by atoms with van der Waals surface area (Å²) in [5, 5.41) is 12.4. The van der Waals surface area contributed by atoms with Crippen molar-refractivity contribution in [1.29, 1.82) is 5.26 Å². The summed E-state index contributed by atoms with van der Waals surface area (Å²) in [5.74, 6) is 0. The predicted octanol–water partition coefficient (Wildman–Crippen LogP) is 3.84. The Morgan fingerprint density at radius 3 is 2.94 bits per heavy atom. The Kier molecular flexibility index (Phi) is 2.10. The minimum absolute atomic E-state index is 0.808. The standard InChI is InChI=1S/C12H8N2S2/c1-14-5-2-3-10(14)11-9(7-13)8-4-6-15-12(8)16-11/h2-6H,1H3. The summed E-state index contributed by atoms with van der Waals surface area (Å²) < 4.78 is 3.28.